The van der Waals surface area contributed by atoms with Gasteiger partial charge in [0.15, 0.2) is 0 Å². The topological polar surface area (TPSA) is 48.5 Å². The number of fused-ring (bicyclic) bond motifs is 6. The van der Waals surface area contributed by atoms with Crippen LogP contribution in [0.25, 0.3) is 55.2 Å². The van der Waals surface area contributed by atoms with Crippen LogP contribution in [0.3, 0.4) is 0 Å². The third kappa shape index (κ3) is 5.70. The lowest BCUT2D eigenvalue weighted by Gasteiger charge is -2.19. The smallest absolute Gasteiger partial charge is 0.290 e. The van der Waals surface area contributed by atoms with Crippen LogP contribution < -0.4 is 33.3 Å². The zero-order valence-electron chi connectivity index (χ0n) is 31.6. The molecule has 11 rings (SSSR count). The van der Waals surface area contributed by atoms with Crippen molar-refractivity contribution in [3.63, 3.8) is 0 Å². The number of hydrogen-bond donors (Lipinski definition) is 0. The molecule has 0 aliphatic heterocycles. The fourth-order valence-electron chi connectivity index (χ4n) is 8.82. The highest BCUT2D eigenvalue weighted by molar-refractivity contribution is 6.96. The Morgan fingerprint density at radius 1 is 0.293 bits per heavy atom. The number of aromatic nitrogens is 5. The first kappa shape index (κ1) is 33.8. The molecule has 58 heavy (non-hydrogen) atoms. The maximum Gasteiger partial charge on any atom is 0.290 e. The first-order chi connectivity index (χ1) is 28.8. The predicted molar refractivity (Wildman–Crippen MR) is 244 cm³/mol. The Hall–Kier alpha value is -7.50. The van der Waals surface area contributed by atoms with Crippen molar-refractivity contribution >= 4 is 90.3 Å². The van der Waals surface area contributed by atoms with Crippen LogP contribution >= 0.6 is 0 Å². The van der Waals surface area contributed by atoms with Gasteiger partial charge in [-0.05, 0) is 36.4 Å². The molecule has 0 aliphatic carbocycles. The second-order valence-electron chi connectivity index (χ2n) is 14.8. The van der Waals surface area contributed by atoms with Gasteiger partial charge in [-0.25, -0.2) is 15.0 Å². The molecule has 5 nitrogen and oxygen atoms in total. The van der Waals surface area contributed by atoms with Gasteiger partial charge >= 0.3 is 0 Å². The largest absolute Gasteiger partial charge is 0.309 e. The van der Waals surface area contributed by atoms with Crippen LogP contribution in [0.1, 0.15) is 0 Å². The molecule has 0 radical (unpaired) electrons. The highest BCUT2D eigenvalue weighted by atomic mass is 15.2. The zero-order chi connectivity index (χ0) is 38.4. The summed E-state index contributed by atoms with van der Waals surface area (Å²) < 4.78 is 4.63. The van der Waals surface area contributed by atoms with Crippen molar-refractivity contribution in [2.75, 3.05) is 0 Å². The Bertz CT molecular complexity index is 3040. The lowest BCUT2D eigenvalue weighted by Crippen LogP contribution is -2.61. The third-order valence-corrected chi connectivity index (χ3v) is 11.4. The monoisotopic (exact) mass is 739 g/mol. The van der Waals surface area contributed by atoms with E-state index in [-0.39, 0.29) is 13.4 Å². The third-order valence-electron chi connectivity index (χ3n) is 11.4. The van der Waals surface area contributed by atoms with E-state index in [4.69, 9.17) is 15.0 Å². The zero-order valence-corrected chi connectivity index (χ0v) is 31.6. The minimum Gasteiger partial charge on any atom is -0.309 e. The van der Waals surface area contributed by atoms with Gasteiger partial charge in [0.1, 0.15) is 11.4 Å². The van der Waals surface area contributed by atoms with Crippen molar-refractivity contribution in [2.24, 2.45) is 0 Å². The van der Waals surface area contributed by atoms with Gasteiger partial charge in [0, 0.05) is 27.2 Å². The van der Waals surface area contributed by atoms with Crippen molar-refractivity contribution in [1.29, 1.82) is 0 Å². The van der Waals surface area contributed by atoms with Gasteiger partial charge in [-0.15, -0.1) is 0 Å². The van der Waals surface area contributed by atoms with Gasteiger partial charge in [0.05, 0.1) is 22.1 Å². The van der Waals surface area contributed by atoms with Crippen molar-refractivity contribution < 1.29 is 0 Å². The molecule has 270 valence electrons. The predicted octanol–water partition coefficient (Wildman–Crippen LogP) is 7.10. The molecule has 0 amide bonds. The fraction of sp³-hybridized carbons (Fsp3) is 0. The van der Waals surface area contributed by atoms with E-state index >= 15 is 0 Å². The number of para-hydroxylation sites is 3. The second kappa shape index (κ2) is 14.2. The summed E-state index contributed by atoms with van der Waals surface area (Å²) in [5.41, 5.74) is 11.3. The normalized spacial score (nSPS) is 11.4. The van der Waals surface area contributed by atoms with E-state index in [1.165, 1.54) is 16.3 Å². The Kier molecular flexibility index (Phi) is 8.29. The summed E-state index contributed by atoms with van der Waals surface area (Å²) in [5, 5.41) is 4.71. The molecular weight excluding hydrogens is 704 g/mol. The molecule has 7 heteroatoms. The van der Waals surface area contributed by atoms with Crippen LogP contribution in [0.2, 0.25) is 0 Å². The van der Waals surface area contributed by atoms with E-state index in [0.29, 0.717) is 17.4 Å². The second-order valence-corrected chi connectivity index (χ2v) is 14.8. The average molecular weight is 740 g/mol. The van der Waals surface area contributed by atoms with Crippen LogP contribution in [0, 0.1) is 0 Å². The maximum atomic E-state index is 5.54. The molecule has 8 aromatic carbocycles. The summed E-state index contributed by atoms with van der Waals surface area (Å²) in [7, 11) is 0. The van der Waals surface area contributed by atoms with Crippen LogP contribution in [0.15, 0.2) is 212 Å². The first-order valence-corrected chi connectivity index (χ1v) is 19.8. The fourth-order valence-corrected chi connectivity index (χ4v) is 8.82. The Morgan fingerprint density at radius 3 is 1.10 bits per heavy atom. The number of nitrogens with zero attached hydrogens (tertiary/aromatic N) is 5. The lowest BCUT2D eigenvalue weighted by molar-refractivity contribution is 0.982. The average Bonchev–Trinajstić information content (AvgIpc) is 3.79. The van der Waals surface area contributed by atoms with Crippen LogP contribution in [-0.4, -0.2) is 37.5 Å². The van der Waals surface area contributed by atoms with E-state index in [1.807, 2.05) is 0 Å². The van der Waals surface area contributed by atoms with E-state index in [1.54, 1.807) is 0 Å². The molecule has 0 spiro atoms. The maximum absolute atomic E-state index is 5.54. The molecule has 0 aliphatic rings. The Morgan fingerprint density at radius 2 is 0.655 bits per heavy atom. The van der Waals surface area contributed by atoms with Crippen LogP contribution in [0.4, 0.5) is 0 Å². The van der Waals surface area contributed by atoms with Crippen LogP contribution in [-0.2, 0) is 0 Å². The summed E-state index contributed by atoms with van der Waals surface area (Å²) in [4.78, 5) is 16.6. The van der Waals surface area contributed by atoms with Gasteiger partial charge in [-0.1, -0.05) is 198 Å². The molecule has 0 saturated heterocycles. The summed E-state index contributed by atoms with van der Waals surface area (Å²) in [6.45, 7) is -0.481. The highest BCUT2D eigenvalue weighted by Crippen LogP contribution is 2.39. The van der Waals surface area contributed by atoms with E-state index < -0.39 is 0 Å². The molecule has 0 unspecified atom stereocenters. The SMILES string of the molecule is c1ccc(B(c2ccccc2)c2nc(B(c3ccccc3)c3ccccc3)nc(-n3c4ccccc4c4cc5c6ccccc6n(-c6ccccc6)c5cc43)n2)cc1. The highest BCUT2D eigenvalue weighted by Gasteiger charge is 2.32. The minimum absolute atomic E-state index is 0.240. The van der Waals surface area contributed by atoms with Crippen LogP contribution in [0.5, 0.6) is 0 Å². The molecule has 0 bridgehead atoms. The quantitative estimate of drug-likeness (QED) is 0.157. The molecule has 11 aromatic rings. The van der Waals surface area contributed by atoms with Crippen molar-refractivity contribution in [2.45, 2.75) is 0 Å². The van der Waals surface area contributed by atoms with Crippen molar-refractivity contribution in [3.05, 3.63) is 212 Å². The van der Waals surface area contributed by atoms with E-state index in [0.717, 1.165) is 54.9 Å². The standard InChI is InChI=1S/C51H35B2N5/c1-6-20-36(21-7-1)52(37-22-8-2-9-23-37)49-54-50(53(38-24-10-3-11-25-38)39-26-12-4-13-27-39)56-51(55-49)58-46-33-19-17-31-42(46)44-34-43-41-30-16-18-32-45(41)57(47(43)35-48(44)58)40-28-14-5-15-29-40/h1-35H. The molecule has 3 aromatic heterocycles. The number of benzene rings is 8. The Balaban J connectivity index is 1.26. The summed E-state index contributed by atoms with van der Waals surface area (Å²) >= 11 is 0. The lowest BCUT2D eigenvalue weighted by atomic mass is 9.38. The molecule has 0 N–H and O–H groups in total. The number of rotatable bonds is 8. The van der Waals surface area contributed by atoms with Crippen molar-refractivity contribution in [3.8, 4) is 11.6 Å². The molecular formula is C51H35B2N5. The van der Waals surface area contributed by atoms with Gasteiger partial charge in [0.2, 0.25) is 5.95 Å². The van der Waals surface area contributed by atoms with Crippen molar-refractivity contribution in [1.82, 2.24) is 24.1 Å². The van der Waals surface area contributed by atoms with Gasteiger partial charge in [-0.3, -0.25) is 4.57 Å². The molecule has 3 heterocycles. The van der Waals surface area contributed by atoms with Gasteiger partial charge in [-0.2, -0.15) is 0 Å². The Labute approximate surface area is 337 Å². The molecule has 0 fully saturated rings. The van der Waals surface area contributed by atoms with Gasteiger partial charge < -0.3 is 4.57 Å². The number of hydrogen-bond acceptors (Lipinski definition) is 3. The minimum atomic E-state index is -0.240. The van der Waals surface area contributed by atoms with E-state index in [9.17, 15) is 0 Å². The molecule has 0 atom stereocenters. The molecule has 0 saturated carbocycles. The first-order valence-electron chi connectivity index (χ1n) is 19.8. The van der Waals surface area contributed by atoms with Gasteiger partial charge in [0.25, 0.3) is 13.4 Å². The summed E-state index contributed by atoms with van der Waals surface area (Å²) in [5.74, 6) is 0.585. The van der Waals surface area contributed by atoms with E-state index in [2.05, 4.69) is 221 Å². The summed E-state index contributed by atoms with van der Waals surface area (Å²) in [6, 6.07) is 75.0. The summed E-state index contributed by atoms with van der Waals surface area (Å²) in [6.07, 6.45) is 0.